The molecule has 1 heterocycles. The van der Waals surface area contributed by atoms with Crippen LogP contribution in [0.25, 0.3) is 0 Å². The van der Waals surface area contributed by atoms with Gasteiger partial charge in [0.15, 0.2) is 5.96 Å². The highest BCUT2D eigenvalue weighted by Crippen LogP contribution is 2.18. The normalized spacial score (nSPS) is 13.8. The second-order valence-corrected chi connectivity index (χ2v) is 6.87. The van der Waals surface area contributed by atoms with Crippen LogP contribution in [-0.4, -0.2) is 47.8 Å². The van der Waals surface area contributed by atoms with Gasteiger partial charge < -0.3 is 15.5 Å². The Balaban J connectivity index is 0.00000364. The zero-order chi connectivity index (χ0) is 19.1. The lowest BCUT2D eigenvalue weighted by Gasteiger charge is -2.23. The van der Waals surface area contributed by atoms with Crippen molar-refractivity contribution in [1.29, 1.82) is 0 Å². The lowest BCUT2D eigenvalue weighted by atomic mass is 10.0. The summed E-state index contributed by atoms with van der Waals surface area (Å²) in [7, 11) is 6.09. The minimum Gasteiger partial charge on any atom is -0.357 e. The third-order valence-corrected chi connectivity index (χ3v) is 4.51. The van der Waals surface area contributed by atoms with E-state index in [-0.39, 0.29) is 36.1 Å². The van der Waals surface area contributed by atoms with Gasteiger partial charge in [-0.25, -0.2) is 0 Å². The van der Waals surface area contributed by atoms with E-state index in [2.05, 4.69) is 86.0 Å². The Kier molecular flexibility index (Phi) is 9.79. The van der Waals surface area contributed by atoms with Crippen LogP contribution in [0, 0.1) is 6.92 Å². The van der Waals surface area contributed by atoms with Gasteiger partial charge in [-0.3, -0.25) is 9.67 Å². The molecule has 27 heavy (non-hydrogen) atoms. The average molecular weight is 484 g/mol. The molecule has 0 bridgehead atoms. The molecule has 2 atom stereocenters. The monoisotopic (exact) mass is 484 g/mol. The van der Waals surface area contributed by atoms with Crippen molar-refractivity contribution in [2.24, 2.45) is 12.0 Å². The number of aliphatic imine (C=N–C) groups is 1. The van der Waals surface area contributed by atoms with E-state index < -0.39 is 0 Å². The zero-order valence-electron chi connectivity index (χ0n) is 17.2. The molecule has 2 N–H and O–H groups in total. The molecule has 0 aliphatic rings. The molecule has 0 saturated carbocycles. The van der Waals surface area contributed by atoms with E-state index in [1.165, 1.54) is 16.7 Å². The third kappa shape index (κ3) is 6.80. The van der Waals surface area contributed by atoms with Gasteiger partial charge in [-0.05, 0) is 46.0 Å². The van der Waals surface area contributed by atoms with Gasteiger partial charge in [0.25, 0.3) is 0 Å². The number of hydrogen-bond acceptors (Lipinski definition) is 3. The summed E-state index contributed by atoms with van der Waals surface area (Å²) in [6, 6.07) is 8.82. The third-order valence-electron chi connectivity index (χ3n) is 4.51. The molecule has 2 rings (SSSR count). The number of likely N-dealkylation sites (N-methyl/N-ethyl adjacent to an activating group) is 1. The van der Waals surface area contributed by atoms with Gasteiger partial charge in [-0.1, -0.05) is 24.3 Å². The summed E-state index contributed by atoms with van der Waals surface area (Å²) in [6.07, 6.45) is 3.97. The molecule has 0 saturated heterocycles. The molecule has 2 unspecified atom stereocenters. The van der Waals surface area contributed by atoms with Gasteiger partial charge in [0.2, 0.25) is 0 Å². The summed E-state index contributed by atoms with van der Waals surface area (Å²) >= 11 is 0. The van der Waals surface area contributed by atoms with Crippen LogP contribution in [-0.2, 0) is 7.05 Å². The Morgan fingerprint density at radius 1 is 1.30 bits per heavy atom. The Morgan fingerprint density at radius 3 is 2.56 bits per heavy atom. The fraction of sp³-hybridized carbons (Fsp3) is 0.500. The van der Waals surface area contributed by atoms with Crippen molar-refractivity contribution in [3.63, 3.8) is 0 Å². The highest BCUT2D eigenvalue weighted by molar-refractivity contribution is 14.0. The van der Waals surface area contributed by atoms with Gasteiger partial charge in [0.05, 0.1) is 24.8 Å². The maximum absolute atomic E-state index is 4.83. The van der Waals surface area contributed by atoms with Crippen molar-refractivity contribution in [1.82, 2.24) is 25.3 Å². The summed E-state index contributed by atoms with van der Waals surface area (Å²) in [5.74, 6) is 0.832. The van der Waals surface area contributed by atoms with Crippen molar-refractivity contribution in [3.05, 3.63) is 53.3 Å². The van der Waals surface area contributed by atoms with E-state index in [0.717, 1.165) is 12.5 Å². The first-order valence-electron chi connectivity index (χ1n) is 9.17. The Morgan fingerprint density at radius 2 is 2.00 bits per heavy atom. The number of aryl methyl sites for hydroxylation is 2. The molecule has 0 spiro atoms. The first-order valence-corrected chi connectivity index (χ1v) is 9.17. The molecule has 1 aromatic heterocycles. The number of aromatic nitrogens is 2. The number of nitrogens with one attached hydrogen (secondary N) is 2. The Hall–Kier alpha value is -1.61. The zero-order valence-corrected chi connectivity index (χ0v) is 19.6. The summed E-state index contributed by atoms with van der Waals surface area (Å²) in [4.78, 5) is 7.01. The van der Waals surface area contributed by atoms with Gasteiger partial charge in [-0.2, -0.15) is 5.10 Å². The van der Waals surface area contributed by atoms with E-state index in [1.54, 1.807) is 0 Å². The number of benzene rings is 1. The highest BCUT2D eigenvalue weighted by atomic mass is 127. The van der Waals surface area contributed by atoms with Crippen molar-refractivity contribution in [3.8, 4) is 0 Å². The molecule has 0 amide bonds. The number of hydrogen-bond donors (Lipinski definition) is 2. The summed E-state index contributed by atoms with van der Waals surface area (Å²) in [5.41, 5.74) is 3.74. The predicted octanol–water partition coefficient (Wildman–Crippen LogP) is 3.27. The fourth-order valence-corrected chi connectivity index (χ4v) is 3.03. The number of guanidine groups is 1. The second kappa shape index (κ2) is 11.3. The molecule has 2 aromatic rings. The van der Waals surface area contributed by atoms with Crippen LogP contribution in [0.4, 0.5) is 0 Å². The van der Waals surface area contributed by atoms with Crippen LogP contribution in [0.1, 0.15) is 42.6 Å². The molecular formula is C20H33IN6. The van der Waals surface area contributed by atoms with Crippen LogP contribution in [0.2, 0.25) is 0 Å². The molecule has 0 fully saturated rings. The Labute approximate surface area is 180 Å². The van der Waals surface area contributed by atoms with Crippen molar-refractivity contribution in [2.45, 2.75) is 32.9 Å². The lowest BCUT2D eigenvalue weighted by Crippen LogP contribution is -2.39. The van der Waals surface area contributed by atoms with E-state index in [0.29, 0.717) is 6.54 Å². The lowest BCUT2D eigenvalue weighted by molar-refractivity contribution is 0.306. The van der Waals surface area contributed by atoms with E-state index in [9.17, 15) is 0 Å². The average Bonchev–Trinajstić information content (AvgIpc) is 3.01. The maximum atomic E-state index is 4.83. The molecule has 0 aliphatic heterocycles. The highest BCUT2D eigenvalue weighted by Gasteiger charge is 2.16. The predicted molar refractivity (Wildman–Crippen MR) is 124 cm³/mol. The minimum absolute atomic E-state index is 0. The minimum atomic E-state index is 0. The molecule has 6 nitrogen and oxygen atoms in total. The van der Waals surface area contributed by atoms with Crippen molar-refractivity contribution < 1.29 is 0 Å². The van der Waals surface area contributed by atoms with Crippen LogP contribution < -0.4 is 10.6 Å². The smallest absolute Gasteiger partial charge is 0.191 e. The summed E-state index contributed by atoms with van der Waals surface area (Å²) < 4.78 is 1.83. The molecule has 7 heteroatoms. The SMILES string of the molecule is CCNC(=NCC(c1cnn(C)c1)N(C)C)NC(C)c1ccccc1C.I. The van der Waals surface area contributed by atoms with Crippen molar-refractivity contribution in [2.75, 3.05) is 27.2 Å². The molecule has 150 valence electrons. The van der Waals surface area contributed by atoms with Gasteiger partial charge in [0, 0.05) is 25.4 Å². The number of rotatable bonds is 7. The van der Waals surface area contributed by atoms with E-state index in [4.69, 9.17) is 4.99 Å². The van der Waals surface area contributed by atoms with E-state index >= 15 is 0 Å². The number of nitrogens with zero attached hydrogens (tertiary/aromatic N) is 4. The first kappa shape index (κ1) is 23.4. The standard InChI is InChI=1S/C20H32N6.HI/c1-7-21-20(24-16(3)18-11-9-8-10-15(18)2)22-13-19(25(4)5)17-12-23-26(6)14-17;/h8-12,14,16,19H,7,13H2,1-6H3,(H2,21,22,24);1H. The summed E-state index contributed by atoms with van der Waals surface area (Å²) in [5, 5.41) is 11.2. The molecule has 1 aromatic carbocycles. The first-order chi connectivity index (χ1) is 12.4. The van der Waals surface area contributed by atoms with Crippen molar-refractivity contribution >= 4 is 29.9 Å². The molecular weight excluding hydrogens is 451 g/mol. The second-order valence-electron chi connectivity index (χ2n) is 6.87. The molecule has 0 aliphatic carbocycles. The fourth-order valence-electron chi connectivity index (χ4n) is 3.03. The quantitative estimate of drug-likeness (QED) is 0.360. The van der Waals surface area contributed by atoms with Crippen LogP contribution >= 0.6 is 24.0 Å². The van der Waals surface area contributed by atoms with Crippen LogP contribution in [0.15, 0.2) is 41.7 Å². The topological polar surface area (TPSA) is 57.5 Å². The van der Waals surface area contributed by atoms with Gasteiger partial charge >= 0.3 is 0 Å². The molecule has 0 radical (unpaired) electrons. The van der Waals surface area contributed by atoms with Crippen LogP contribution in [0.5, 0.6) is 0 Å². The van der Waals surface area contributed by atoms with Crippen LogP contribution in [0.3, 0.4) is 0 Å². The van der Waals surface area contributed by atoms with E-state index in [1.807, 2.05) is 17.9 Å². The summed E-state index contributed by atoms with van der Waals surface area (Å²) in [6.45, 7) is 7.88. The van der Waals surface area contributed by atoms with Gasteiger partial charge in [0.1, 0.15) is 0 Å². The number of halogens is 1. The maximum Gasteiger partial charge on any atom is 0.191 e. The largest absolute Gasteiger partial charge is 0.357 e. The Bertz CT molecular complexity index is 725. The van der Waals surface area contributed by atoms with Gasteiger partial charge in [-0.15, -0.1) is 24.0 Å².